The largest absolute Gasteiger partial charge is 0.485 e. The molecule has 2 aliphatic heterocycles. The molecule has 0 amide bonds. The van der Waals surface area contributed by atoms with Crippen LogP contribution in [0.4, 0.5) is 0 Å². The molecule has 0 N–H and O–H groups in total. The predicted octanol–water partition coefficient (Wildman–Crippen LogP) is 11.0. The van der Waals surface area contributed by atoms with E-state index in [2.05, 4.69) is 137 Å². The number of hydrogen-bond donors (Lipinski definition) is 0. The number of allylic oxidation sites excluding steroid dienone is 16. The Hall–Kier alpha value is -4.50. The summed E-state index contributed by atoms with van der Waals surface area (Å²) >= 11 is 0. The molecule has 7 aliphatic carbocycles. The lowest BCUT2D eigenvalue weighted by molar-refractivity contribution is 0.233. The molecule has 1 fully saturated rings. The van der Waals surface area contributed by atoms with Gasteiger partial charge in [0.15, 0.2) is 0 Å². The van der Waals surface area contributed by atoms with E-state index in [0.717, 1.165) is 31.4 Å². The standard InChI is InChI=1S/C48H50N2O/c1-4-14-33(15-5-1)35-18-12-21-38(30-35)49(45-23-13-25-47-48(45)40-22-10-11-24-46(40)51-47)39-27-29-44-42(32-39)41-31-36(34-16-6-2-7-17-34)26-28-43(41)50(44)37-19-8-3-9-20-37/h3,6,8,10-11,13-14,16-17,19,22-32,38,41-44,47-48H,1-2,4-5,7,9,12,15,18,20-21H2. The number of ether oxygens (including phenoxy) is 1. The number of nitrogens with zero attached hydrogens (tertiary/aromatic N) is 2. The minimum absolute atomic E-state index is 0.0300. The minimum atomic E-state index is 0.0300. The van der Waals surface area contributed by atoms with Crippen molar-refractivity contribution in [1.82, 2.24) is 9.80 Å². The van der Waals surface area contributed by atoms with Gasteiger partial charge < -0.3 is 14.5 Å². The topological polar surface area (TPSA) is 15.7 Å². The lowest BCUT2D eigenvalue weighted by atomic mass is 9.78. The highest BCUT2D eigenvalue weighted by atomic mass is 16.5. The molecule has 1 aromatic carbocycles. The lowest BCUT2D eigenvalue weighted by Gasteiger charge is -2.42. The van der Waals surface area contributed by atoms with Crippen LogP contribution >= 0.6 is 0 Å². The van der Waals surface area contributed by atoms with Crippen molar-refractivity contribution in [3.63, 3.8) is 0 Å². The van der Waals surface area contributed by atoms with Gasteiger partial charge in [0.05, 0.1) is 24.0 Å². The number of fused-ring (bicyclic) bond motifs is 6. The van der Waals surface area contributed by atoms with Crippen molar-refractivity contribution in [2.45, 2.75) is 101 Å². The highest BCUT2D eigenvalue weighted by Crippen LogP contribution is 2.51. The SMILES string of the molecule is C1=CCCC(N2C3C=CC(C4=CCCC=C4)=CC3C3C=C(N(C4=CC=CC5Oc6ccccc6C45)C4C=C(C5=CCCCC5)CCC4)C=CC32)=C1. The van der Waals surface area contributed by atoms with Crippen LogP contribution in [0, 0.1) is 11.8 Å². The van der Waals surface area contributed by atoms with Gasteiger partial charge in [-0.05, 0) is 123 Å². The average molecular weight is 671 g/mol. The molecule has 9 aliphatic rings. The molecule has 0 spiro atoms. The molecule has 2 heterocycles. The molecule has 7 atom stereocenters. The molecular formula is C48H50N2O. The van der Waals surface area contributed by atoms with Crippen molar-refractivity contribution in [2.24, 2.45) is 11.8 Å². The molecule has 0 saturated carbocycles. The quantitative estimate of drug-likeness (QED) is 0.300. The summed E-state index contributed by atoms with van der Waals surface area (Å²) in [5, 5.41) is 0. The molecule has 51 heavy (non-hydrogen) atoms. The Balaban J connectivity index is 1.08. The third-order valence-corrected chi connectivity index (χ3v) is 12.9. The van der Waals surface area contributed by atoms with Crippen LogP contribution in [0.3, 0.4) is 0 Å². The summed E-state index contributed by atoms with van der Waals surface area (Å²) in [5.74, 6) is 2.01. The highest BCUT2D eigenvalue weighted by Gasteiger charge is 2.49. The molecule has 1 saturated heterocycles. The van der Waals surface area contributed by atoms with E-state index in [-0.39, 0.29) is 12.0 Å². The molecule has 10 rings (SSSR count). The van der Waals surface area contributed by atoms with Crippen molar-refractivity contribution < 1.29 is 4.74 Å². The molecule has 7 unspecified atom stereocenters. The van der Waals surface area contributed by atoms with E-state index in [1.807, 2.05) is 0 Å². The minimum Gasteiger partial charge on any atom is -0.485 e. The van der Waals surface area contributed by atoms with Gasteiger partial charge in [-0.1, -0.05) is 97.2 Å². The van der Waals surface area contributed by atoms with Crippen LogP contribution in [-0.2, 0) is 0 Å². The van der Waals surface area contributed by atoms with Gasteiger partial charge in [-0.2, -0.15) is 0 Å². The number of benzene rings is 1. The van der Waals surface area contributed by atoms with Gasteiger partial charge in [0.25, 0.3) is 0 Å². The van der Waals surface area contributed by atoms with Crippen molar-refractivity contribution in [2.75, 3.05) is 0 Å². The normalized spacial score (nSPS) is 33.0. The molecule has 0 aromatic heterocycles. The monoisotopic (exact) mass is 670 g/mol. The second-order valence-corrected chi connectivity index (χ2v) is 15.8. The Morgan fingerprint density at radius 3 is 2.45 bits per heavy atom. The van der Waals surface area contributed by atoms with Crippen LogP contribution in [0.5, 0.6) is 5.75 Å². The van der Waals surface area contributed by atoms with Gasteiger partial charge in [0.2, 0.25) is 0 Å². The Bertz CT molecular complexity index is 1970. The zero-order valence-electron chi connectivity index (χ0n) is 29.7. The van der Waals surface area contributed by atoms with Crippen molar-refractivity contribution in [3.8, 4) is 5.75 Å². The highest BCUT2D eigenvalue weighted by molar-refractivity contribution is 5.54. The van der Waals surface area contributed by atoms with Gasteiger partial charge in [-0.3, -0.25) is 0 Å². The van der Waals surface area contributed by atoms with Crippen LogP contribution < -0.4 is 4.74 Å². The smallest absolute Gasteiger partial charge is 0.130 e. The van der Waals surface area contributed by atoms with E-state index >= 15 is 0 Å². The average Bonchev–Trinajstić information content (AvgIpc) is 3.75. The fourth-order valence-corrected chi connectivity index (χ4v) is 10.5. The van der Waals surface area contributed by atoms with Crippen molar-refractivity contribution in [1.29, 1.82) is 0 Å². The summed E-state index contributed by atoms with van der Waals surface area (Å²) in [6.07, 6.45) is 54.9. The Morgan fingerprint density at radius 2 is 1.59 bits per heavy atom. The maximum atomic E-state index is 6.61. The van der Waals surface area contributed by atoms with Gasteiger partial charge in [0.1, 0.15) is 11.9 Å². The lowest BCUT2D eigenvalue weighted by Crippen LogP contribution is -2.40. The van der Waals surface area contributed by atoms with Crippen LogP contribution in [-0.4, -0.2) is 34.0 Å². The zero-order valence-corrected chi connectivity index (χ0v) is 29.7. The maximum absolute atomic E-state index is 6.61. The van der Waals surface area contributed by atoms with Crippen LogP contribution in [0.25, 0.3) is 0 Å². The second kappa shape index (κ2) is 13.2. The molecule has 3 heteroatoms. The summed E-state index contributed by atoms with van der Waals surface area (Å²) in [6.45, 7) is 0. The van der Waals surface area contributed by atoms with E-state index in [1.54, 1.807) is 11.1 Å². The van der Waals surface area contributed by atoms with E-state index < -0.39 is 0 Å². The van der Waals surface area contributed by atoms with E-state index in [1.165, 1.54) is 78.7 Å². The summed E-state index contributed by atoms with van der Waals surface area (Å²) in [4.78, 5) is 5.54. The third-order valence-electron chi connectivity index (χ3n) is 12.9. The number of likely N-dealkylation sites (tertiary alicyclic amines) is 1. The van der Waals surface area contributed by atoms with Gasteiger partial charge >= 0.3 is 0 Å². The fourth-order valence-electron chi connectivity index (χ4n) is 10.5. The fraction of sp³-hybridized carbons (Fsp3) is 0.375. The Morgan fingerprint density at radius 1 is 0.686 bits per heavy atom. The molecule has 0 radical (unpaired) electrons. The second-order valence-electron chi connectivity index (χ2n) is 15.8. The van der Waals surface area contributed by atoms with E-state index in [0.29, 0.717) is 30.0 Å². The van der Waals surface area contributed by atoms with Crippen LogP contribution in [0.1, 0.15) is 82.1 Å². The van der Waals surface area contributed by atoms with Crippen molar-refractivity contribution in [3.05, 3.63) is 173 Å². The first-order valence-electron chi connectivity index (χ1n) is 19.9. The molecular weight excluding hydrogens is 621 g/mol. The van der Waals surface area contributed by atoms with Crippen LogP contribution in [0.2, 0.25) is 0 Å². The molecule has 0 bridgehead atoms. The summed E-state index contributed by atoms with van der Waals surface area (Å²) < 4.78 is 6.61. The first-order valence-corrected chi connectivity index (χ1v) is 19.9. The number of rotatable bonds is 6. The molecule has 258 valence electrons. The van der Waals surface area contributed by atoms with Gasteiger partial charge in [0, 0.05) is 34.5 Å². The third kappa shape index (κ3) is 5.55. The summed E-state index contributed by atoms with van der Waals surface area (Å²) in [7, 11) is 0. The van der Waals surface area contributed by atoms with Gasteiger partial charge in [-0.15, -0.1) is 0 Å². The first-order chi connectivity index (χ1) is 25.3. The van der Waals surface area contributed by atoms with Gasteiger partial charge in [-0.25, -0.2) is 0 Å². The first kappa shape index (κ1) is 31.3. The van der Waals surface area contributed by atoms with E-state index in [9.17, 15) is 0 Å². The summed E-state index contributed by atoms with van der Waals surface area (Å²) in [6, 6.07) is 9.75. The molecule has 1 aromatic rings. The Kier molecular flexibility index (Phi) is 8.11. The number of para-hydroxylation sites is 1. The summed E-state index contributed by atoms with van der Waals surface area (Å²) in [5.41, 5.74) is 11.6. The van der Waals surface area contributed by atoms with Crippen LogP contribution in [0.15, 0.2) is 167 Å². The Labute approximate surface area is 304 Å². The van der Waals surface area contributed by atoms with E-state index in [4.69, 9.17) is 4.74 Å². The number of hydrogen-bond acceptors (Lipinski definition) is 3. The maximum Gasteiger partial charge on any atom is 0.130 e. The predicted molar refractivity (Wildman–Crippen MR) is 209 cm³/mol. The molecule has 3 nitrogen and oxygen atoms in total. The van der Waals surface area contributed by atoms with Crippen molar-refractivity contribution >= 4 is 0 Å². The zero-order chi connectivity index (χ0) is 33.7.